The Balaban J connectivity index is 1.59. The second-order valence-electron chi connectivity index (χ2n) is 5.89. The molecule has 5 heteroatoms. The van der Waals surface area contributed by atoms with E-state index in [2.05, 4.69) is 5.32 Å². The van der Waals surface area contributed by atoms with E-state index >= 15 is 0 Å². The van der Waals surface area contributed by atoms with Crippen molar-refractivity contribution >= 4 is 40.7 Å². The van der Waals surface area contributed by atoms with Crippen molar-refractivity contribution in [1.29, 1.82) is 0 Å². The van der Waals surface area contributed by atoms with Gasteiger partial charge in [-0.2, -0.15) is 0 Å². The Hall–Kier alpha value is -2.56. The Morgan fingerprint density at radius 2 is 1.48 bits per heavy atom. The fourth-order valence-corrected chi connectivity index (χ4v) is 3.54. The molecule has 0 saturated carbocycles. The van der Waals surface area contributed by atoms with Crippen LogP contribution in [0, 0.1) is 0 Å². The standard InChI is InChI=1S/C22H18ClNO2S/c23-17-12-10-16(11-13-17)20(25)14-15-22(26)24-19-8-4-5-9-21(19)27-18-6-2-1-3-7-18/h1-13H,14-15H2,(H,24,26). The molecule has 0 radical (unpaired) electrons. The van der Waals surface area contributed by atoms with E-state index in [-0.39, 0.29) is 24.5 Å². The van der Waals surface area contributed by atoms with Crippen LogP contribution in [0.25, 0.3) is 0 Å². The number of ketones is 1. The molecule has 3 aromatic carbocycles. The molecule has 0 aliphatic rings. The summed E-state index contributed by atoms with van der Waals surface area (Å²) in [5.74, 6) is -0.257. The lowest BCUT2D eigenvalue weighted by Crippen LogP contribution is -2.14. The van der Waals surface area contributed by atoms with E-state index in [1.54, 1.807) is 36.0 Å². The highest BCUT2D eigenvalue weighted by molar-refractivity contribution is 7.99. The van der Waals surface area contributed by atoms with Gasteiger partial charge in [0.25, 0.3) is 0 Å². The van der Waals surface area contributed by atoms with E-state index in [0.717, 1.165) is 15.5 Å². The third-order valence-corrected chi connectivity index (χ3v) is 5.21. The number of nitrogens with one attached hydrogen (secondary N) is 1. The number of rotatable bonds is 7. The Labute approximate surface area is 167 Å². The number of para-hydroxylation sites is 1. The third-order valence-electron chi connectivity index (χ3n) is 3.88. The summed E-state index contributed by atoms with van der Waals surface area (Å²) in [6.07, 6.45) is 0.285. The van der Waals surface area contributed by atoms with Gasteiger partial charge in [0.15, 0.2) is 5.78 Å². The zero-order valence-electron chi connectivity index (χ0n) is 14.5. The molecule has 0 heterocycles. The van der Waals surface area contributed by atoms with Gasteiger partial charge in [0.2, 0.25) is 5.91 Å². The minimum atomic E-state index is -0.182. The van der Waals surface area contributed by atoms with Crippen molar-refractivity contribution in [2.24, 2.45) is 0 Å². The van der Waals surface area contributed by atoms with Gasteiger partial charge in [0.05, 0.1) is 5.69 Å². The van der Waals surface area contributed by atoms with Crippen molar-refractivity contribution in [1.82, 2.24) is 0 Å². The van der Waals surface area contributed by atoms with E-state index in [9.17, 15) is 9.59 Å². The highest BCUT2D eigenvalue weighted by Gasteiger charge is 2.11. The molecule has 3 aromatic rings. The summed E-state index contributed by atoms with van der Waals surface area (Å²) in [5, 5.41) is 3.49. The first-order chi connectivity index (χ1) is 13.1. The summed E-state index contributed by atoms with van der Waals surface area (Å²) >= 11 is 7.41. The largest absolute Gasteiger partial charge is 0.325 e. The summed E-state index contributed by atoms with van der Waals surface area (Å²) in [4.78, 5) is 26.6. The van der Waals surface area contributed by atoms with Crippen LogP contribution in [0.3, 0.4) is 0 Å². The van der Waals surface area contributed by atoms with Crippen molar-refractivity contribution in [3.63, 3.8) is 0 Å². The topological polar surface area (TPSA) is 46.2 Å². The van der Waals surface area contributed by atoms with E-state index in [1.165, 1.54) is 0 Å². The fraction of sp³-hybridized carbons (Fsp3) is 0.0909. The number of halogens is 1. The second kappa shape index (κ2) is 9.40. The molecule has 0 aliphatic heterocycles. The van der Waals surface area contributed by atoms with Crippen LogP contribution in [0.1, 0.15) is 23.2 Å². The minimum Gasteiger partial charge on any atom is -0.325 e. The molecule has 1 amide bonds. The highest BCUT2D eigenvalue weighted by Crippen LogP contribution is 2.33. The second-order valence-corrected chi connectivity index (χ2v) is 7.44. The maximum atomic E-state index is 12.3. The first kappa shape index (κ1) is 19.2. The van der Waals surface area contributed by atoms with Gasteiger partial charge in [0, 0.05) is 33.2 Å². The molecule has 0 aliphatic carbocycles. The maximum Gasteiger partial charge on any atom is 0.224 e. The van der Waals surface area contributed by atoms with E-state index < -0.39 is 0 Å². The zero-order valence-corrected chi connectivity index (χ0v) is 16.1. The highest BCUT2D eigenvalue weighted by atomic mass is 35.5. The Morgan fingerprint density at radius 1 is 0.815 bits per heavy atom. The van der Waals surface area contributed by atoms with Crippen LogP contribution >= 0.6 is 23.4 Å². The molecule has 3 rings (SSSR count). The van der Waals surface area contributed by atoms with Crippen molar-refractivity contribution in [3.05, 3.63) is 89.4 Å². The molecule has 0 saturated heterocycles. The van der Waals surface area contributed by atoms with Crippen LogP contribution in [0.4, 0.5) is 5.69 Å². The minimum absolute atomic E-state index is 0.0752. The van der Waals surface area contributed by atoms with Crippen molar-refractivity contribution in [2.75, 3.05) is 5.32 Å². The lowest BCUT2D eigenvalue weighted by atomic mass is 10.1. The number of anilines is 1. The maximum absolute atomic E-state index is 12.3. The lowest BCUT2D eigenvalue weighted by Gasteiger charge is -2.10. The van der Waals surface area contributed by atoms with Crippen LogP contribution in [-0.2, 0) is 4.79 Å². The molecule has 0 atom stereocenters. The molecule has 0 aromatic heterocycles. The summed E-state index contributed by atoms with van der Waals surface area (Å²) in [6, 6.07) is 24.3. The van der Waals surface area contributed by atoms with E-state index in [4.69, 9.17) is 11.6 Å². The summed E-state index contributed by atoms with van der Waals surface area (Å²) in [5.41, 5.74) is 1.31. The molecular formula is C22H18ClNO2S. The predicted octanol–water partition coefficient (Wildman–Crippen LogP) is 6.09. The first-order valence-electron chi connectivity index (χ1n) is 8.52. The number of benzene rings is 3. The normalized spacial score (nSPS) is 10.4. The first-order valence-corrected chi connectivity index (χ1v) is 9.72. The van der Waals surface area contributed by atoms with Crippen molar-refractivity contribution in [2.45, 2.75) is 22.6 Å². The number of amides is 1. The quantitative estimate of drug-likeness (QED) is 0.492. The van der Waals surface area contributed by atoms with Gasteiger partial charge in [-0.1, -0.05) is 53.7 Å². The zero-order chi connectivity index (χ0) is 19.1. The number of carbonyl (C=O) groups is 2. The average molecular weight is 396 g/mol. The SMILES string of the molecule is O=C(CCC(=O)c1ccc(Cl)cc1)Nc1ccccc1Sc1ccccc1. The van der Waals surface area contributed by atoms with E-state index in [0.29, 0.717) is 10.6 Å². The van der Waals surface area contributed by atoms with Gasteiger partial charge in [-0.15, -0.1) is 0 Å². The monoisotopic (exact) mass is 395 g/mol. The molecular weight excluding hydrogens is 378 g/mol. The number of hydrogen-bond donors (Lipinski definition) is 1. The summed E-state index contributed by atoms with van der Waals surface area (Å²) < 4.78 is 0. The molecule has 0 spiro atoms. The van der Waals surface area contributed by atoms with Crippen LogP contribution in [0.2, 0.25) is 5.02 Å². The van der Waals surface area contributed by atoms with Crippen LogP contribution < -0.4 is 5.32 Å². The molecule has 0 fully saturated rings. The Bertz CT molecular complexity index is 927. The molecule has 0 bridgehead atoms. The average Bonchev–Trinajstić information content (AvgIpc) is 2.69. The number of carbonyl (C=O) groups excluding carboxylic acids is 2. The Kier molecular flexibility index (Phi) is 6.69. The molecule has 1 N–H and O–H groups in total. The van der Waals surface area contributed by atoms with Gasteiger partial charge in [-0.3, -0.25) is 9.59 Å². The van der Waals surface area contributed by atoms with Gasteiger partial charge in [0.1, 0.15) is 0 Å². The van der Waals surface area contributed by atoms with Gasteiger partial charge < -0.3 is 5.32 Å². The molecule has 3 nitrogen and oxygen atoms in total. The summed E-state index contributed by atoms with van der Waals surface area (Å²) in [7, 11) is 0. The Morgan fingerprint density at radius 3 is 2.22 bits per heavy atom. The molecule has 0 unspecified atom stereocenters. The lowest BCUT2D eigenvalue weighted by molar-refractivity contribution is -0.116. The van der Waals surface area contributed by atoms with Crippen LogP contribution in [-0.4, -0.2) is 11.7 Å². The number of hydrogen-bond acceptors (Lipinski definition) is 3. The fourth-order valence-electron chi connectivity index (χ4n) is 2.49. The van der Waals surface area contributed by atoms with Crippen molar-refractivity contribution < 1.29 is 9.59 Å². The molecule has 136 valence electrons. The van der Waals surface area contributed by atoms with Gasteiger partial charge in [-0.05, 0) is 48.5 Å². The van der Waals surface area contributed by atoms with Crippen LogP contribution in [0.5, 0.6) is 0 Å². The van der Waals surface area contributed by atoms with Gasteiger partial charge >= 0.3 is 0 Å². The van der Waals surface area contributed by atoms with E-state index in [1.807, 2.05) is 54.6 Å². The number of Topliss-reactive ketones (excluding diaryl/α,β-unsaturated/α-hetero) is 1. The smallest absolute Gasteiger partial charge is 0.224 e. The van der Waals surface area contributed by atoms with Crippen LogP contribution in [0.15, 0.2) is 88.7 Å². The summed E-state index contributed by atoms with van der Waals surface area (Å²) in [6.45, 7) is 0. The molecule has 27 heavy (non-hydrogen) atoms. The predicted molar refractivity (Wildman–Crippen MR) is 111 cm³/mol. The third kappa shape index (κ3) is 5.71. The van der Waals surface area contributed by atoms with Gasteiger partial charge in [-0.25, -0.2) is 0 Å². The van der Waals surface area contributed by atoms with Crippen molar-refractivity contribution in [3.8, 4) is 0 Å².